The molecule has 0 aliphatic carbocycles. The van der Waals surface area contributed by atoms with Gasteiger partial charge in [-0.25, -0.2) is 8.42 Å². The first-order valence-electron chi connectivity index (χ1n) is 10.6. The summed E-state index contributed by atoms with van der Waals surface area (Å²) >= 11 is 0. The molecule has 1 aliphatic rings. The van der Waals surface area contributed by atoms with E-state index in [1.165, 1.54) is 16.0 Å². The standard InChI is InChI=1S/C25H28N2O2S/c1-2-21-13-15-24(16-14-21)30(28,29)27-19-17-26(18-20-27)25(22-9-5-3-6-10-22)23-11-7-4-8-12-23/h3-16,25H,2,17-20H2,1H3/p+1. The van der Waals surface area contributed by atoms with Crippen LogP contribution in [0.2, 0.25) is 0 Å². The van der Waals surface area contributed by atoms with Crippen LogP contribution in [0.25, 0.3) is 0 Å². The molecule has 0 aromatic heterocycles. The van der Waals surface area contributed by atoms with Crippen LogP contribution in [0.4, 0.5) is 0 Å². The van der Waals surface area contributed by atoms with Gasteiger partial charge in [0.25, 0.3) is 0 Å². The van der Waals surface area contributed by atoms with Crippen LogP contribution in [0.1, 0.15) is 29.7 Å². The summed E-state index contributed by atoms with van der Waals surface area (Å²) in [4.78, 5) is 1.80. The monoisotopic (exact) mass is 421 g/mol. The number of aryl methyl sites for hydroxylation is 1. The van der Waals surface area contributed by atoms with Crippen molar-refractivity contribution in [2.24, 2.45) is 0 Å². The lowest BCUT2D eigenvalue weighted by Crippen LogP contribution is -3.15. The van der Waals surface area contributed by atoms with Crippen molar-refractivity contribution in [1.29, 1.82) is 0 Å². The molecule has 0 atom stereocenters. The van der Waals surface area contributed by atoms with Gasteiger partial charge in [-0.15, -0.1) is 0 Å². The molecule has 0 saturated carbocycles. The van der Waals surface area contributed by atoms with Crippen LogP contribution in [0.15, 0.2) is 89.8 Å². The number of piperazine rings is 1. The van der Waals surface area contributed by atoms with E-state index in [0.717, 1.165) is 25.1 Å². The van der Waals surface area contributed by atoms with Crippen LogP contribution in [0, 0.1) is 0 Å². The molecule has 4 rings (SSSR count). The Bertz CT molecular complexity index is 1000. The third-order valence-corrected chi connectivity index (χ3v) is 7.92. The molecule has 4 nitrogen and oxygen atoms in total. The van der Waals surface area contributed by atoms with Crippen molar-refractivity contribution in [2.75, 3.05) is 26.2 Å². The van der Waals surface area contributed by atoms with Gasteiger partial charge in [-0.2, -0.15) is 4.31 Å². The summed E-state index contributed by atoms with van der Waals surface area (Å²) in [6.45, 7) is 4.69. The summed E-state index contributed by atoms with van der Waals surface area (Å²) in [6, 6.07) is 28.6. The molecule has 3 aromatic carbocycles. The number of hydrogen-bond donors (Lipinski definition) is 1. The van der Waals surface area contributed by atoms with Gasteiger partial charge in [-0.05, 0) is 24.1 Å². The van der Waals surface area contributed by atoms with Crippen LogP contribution in [-0.4, -0.2) is 38.9 Å². The highest BCUT2D eigenvalue weighted by Gasteiger charge is 2.34. The average molecular weight is 422 g/mol. The van der Waals surface area contributed by atoms with Gasteiger partial charge in [0.2, 0.25) is 10.0 Å². The fraction of sp³-hybridized carbons (Fsp3) is 0.280. The van der Waals surface area contributed by atoms with Crippen LogP contribution in [0.3, 0.4) is 0 Å². The maximum atomic E-state index is 13.1. The molecule has 1 aliphatic heterocycles. The number of nitrogens with one attached hydrogen (secondary N) is 1. The Hall–Kier alpha value is -2.47. The fourth-order valence-corrected chi connectivity index (χ4v) is 5.74. The first kappa shape index (κ1) is 20.8. The van der Waals surface area contributed by atoms with Gasteiger partial charge in [-0.3, -0.25) is 0 Å². The molecule has 156 valence electrons. The predicted molar refractivity (Wildman–Crippen MR) is 120 cm³/mol. The molecule has 0 amide bonds. The van der Waals surface area contributed by atoms with Crippen molar-refractivity contribution in [2.45, 2.75) is 24.3 Å². The predicted octanol–water partition coefficient (Wildman–Crippen LogP) is 2.93. The number of sulfonamides is 1. The molecule has 3 aromatic rings. The third-order valence-electron chi connectivity index (χ3n) is 6.01. The van der Waals surface area contributed by atoms with E-state index in [0.29, 0.717) is 18.0 Å². The maximum absolute atomic E-state index is 13.1. The smallest absolute Gasteiger partial charge is 0.243 e. The second-order valence-corrected chi connectivity index (χ2v) is 9.75. The summed E-state index contributed by atoms with van der Waals surface area (Å²) in [5.41, 5.74) is 3.69. The molecule has 1 saturated heterocycles. The SMILES string of the molecule is CCc1ccc(S(=O)(=O)N2CC[NH+](C(c3ccccc3)c3ccccc3)CC2)cc1. The second-order valence-electron chi connectivity index (χ2n) is 7.81. The second kappa shape index (κ2) is 9.13. The molecular weight excluding hydrogens is 392 g/mol. The lowest BCUT2D eigenvalue weighted by molar-refractivity contribution is -0.929. The van der Waals surface area contributed by atoms with E-state index in [9.17, 15) is 8.42 Å². The summed E-state index contributed by atoms with van der Waals surface area (Å²) in [5, 5.41) is 0. The van der Waals surface area contributed by atoms with E-state index in [1.807, 2.05) is 24.3 Å². The lowest BCUT2D eigenvalue weighted by Gasteiger charge is -2.36. The van der Waals surface area contributed by atoms with Crippen molar-refractivity contribution in [3.05, 3.63) is 102 Å². The highest BCUT2D eigenvalue weighted by molar-refractivity contribution is 7.89. The molecule has 0 spiro atoms. The van der Waals surface area contributed by atoms with Gasteiger partial charge in [0, 0.05) is 11.1 Å². The number of benzene rings is 3. The Labute approximate surface area is 179 Å². The van der Waals surface area contributed by atoms with E-state index in [4.69, 9.17) is 0 Å². The molecule has 1 fully saturated rings. The summed E-state index contributed by atoms with van der Waals surface area (Å²) in [7, 11) is -3.45. The van der Waals surface area contributed by atoms with Crippen LogP contribution in [-0.2, 0) is 16.4 Å². The third kappa shape index (κ3) is 4.33. The van der Waals surface area contributed by atoms with Gasteiger partial charge < -0.3 is 4.90 Å². The van der Waals surface area contributed by atoms with Crippen molar-refractivity contribution in [1.82, 2.24) is 4.31 Å². The van der Waals surface area contributed by atoms with E-state index in [-0.39, 0.29) is 6.04 Å². The molecule has 5 heteroatoms. The zero-order valence-corrected chi connectivity index (χ0v) is 18.2. The van der Waals surface area contributed by atoms with E-state index >= 15 is 0 Å². The first-order valence-corrected chi connectivity index (χ1v) is 12.1. The highest BCUT2D eigenvalue weighted by Crippen LogP contribution is 2.21. The van der Waals surface area contributed by atoms with Gasteiger partial charge in [0.15, 0.2) is 0 Å². The lowest BCUT2D eigenvalue weighted by atomic mass is 9.96. The van der Waals surface area contributed by atoms with E-state index < -0.39 is 10.0 Å². The molecule has 0 bridgehead atoms. The Morgan fingerprint density at radius 1 is 0.800 bits per heavy atom. The van der Waals surface area contributed by atoms with Crippen LogP contribution < -0.4 is 4.90 Å². The van der Waals surface area contributed by atoms with Gasteiger partial charge in [-0.1, -0.05) is 79.7 Å². The van der Waals surface area contributed by atoms with Crippen LogP contribution >= 0.6 is 0 Å². The molecule has 30 heavy (non-hydrogen) atoms. The van der Waals surface area contributed by atoms with Gasteiger partial charge in [0.05, 0.1) is 31.1 Å². The van der Waals surface area contributed by atoms with Crippen molar-refractivity contribution in [3.63, 3.8) is 0 Å². The topological polar surface area (TPSA) is 41.8 Å². The van der Waals surface area contributed by atoms with Gasteiger partial charge >= 0.3 is 0 Å². The number of nitrogens with zero attached hydrogens (tertiary/aromatic N) is 1. The Balaban J connectivity index is 1.53. The molecule has 1 heterocycles. The van der Waals surface area contributed by atoms with Crippen molar-refractivity contribution >= 4 is 10.0 Å². The van der Waals surface area contributed by atoms with Crippen molar-refractivity contribution < 1.29 is 13.3 Å². The molecule has 1 N–H and O–H groups in total. The summed E-state index contributed by atoms with van der Waals surface area (Å²) in [5.74, 6) is 0. The van der Waals surface area contributed by atoms with Crippen LogP contribution in [0.5, 0.6) is 0 Å². The minimum Gasteiger partial charge on any atom is -0.323 e. The largest absolute Gasteiger partial charge is 0.323 e. The fourth-order valence-electron chi connectivity index (χ4n) is 4.30. The summed E-state index contributed by atoms with van der Waals surface area (Å²) in [6.07, 6.45) is 0.905. The normalized spacial score (nSPS) is 16.1. The molecule has 0 radical (unpaired) electrons. The zero-order valence-electron chi connectivity index (χ0n) is 17.4. The molecule has 0 unspecified atom stereocenters. The first-order chi connectivity index (χ1) is 14.6. The van der Waals surface area contributed by atoms with Crippen molar-refractivity contribution in [3.8, 4) is 0 Å². The summed E-state index contributed by atoms with van der Waals surface area (Å²) < 4.78 is 27.9. The minimum absolute atomic E-state index is 0.209. The quantitative estimate of drug-likeness (QED) is 0.665. The molecular formula is C25H29N2O2S+. The Morgan fingerprint density at radius 2 is 1.30 bits per heavy atom. The Morgan fingerprint density at radius 3 is 1.77 bits per heavy atom. The minimum atomic E-state index is -3.45. The number of quaternary nitrogens is 1. The number of rotatable bonds is 6. The van der Waals surface area contributed by atoms with E-state index in [2.05, 4.69) is 55.5 Å². The Kier molecular flexibility index (Phi) is 6.32. The average Bonchev–Trinajstić information content (AvgIpc) is 2.81. The van der Waals surface area contributed by atoms with E-state index in [1.54, 1.807) is 16.4 Å². The zero-order chi connectivity index (χ0) is 21.0. The maximum Gasteiger partial charge on any atom is 0.243 e. The number of hydrogen-bond acceptors (Lipinski definition) is 2. The van der Waals surface area contributed by atoms with Gasteiger partial charge in [0.1, 0.15) is 6.04 Å². The highest BCUT2D eigenvalue weighted by atomic mass is 32.2.